The third kappa shape index (κ3) is 4.94. The molecule has 0 radical (unpaired) electrons. The van der Waals surface area contributed by atoms with E-state index in [1.807, 2.05) is 51.1 Å². The first-order valence-electron chi connectivity index (χ1n) is 12.7. The Morgan fingerprint density at radius 3 is 2.33 bits per heavy atom. The zero-order valence-corrected chi connectivity index (χ0v) is 22.5. The summed E-state index contributed by atoms with van der Waals surface area (Å²) in [5.41, 5.74) is 5.27. The van der Waals surface area contributed by atoms with E-state index in [0.29, 0.717) is 22.9 Å². The Morgan fingerprint density at radius 2 is 1.62 bits per heavy atom. The second-order valence-electron chi connectivity index (χ2n) is 9.83. The van der Waals surface area contributed by atoms with Gasteiger partial charge in [0, 0.05) is 23.1 Å². The minimum Gasteiger partial charge on any atom is -0.343 e. The van der Waals surface area contributed by atoms with E-state index >= 15 is 0 Å². The van der Waals surface area contributed by atoms with Gasteiger partial charge in [-0.1, -0.05) is 47.5 Å². The maximum absolute atomic E-state index is 13.8. The molecule has 0 unspecified atom stereocenters. The number of benzene rings is 3. The number of anilines is 3. The highest BCUT2D eigenvalue weighted by Crippen LogP contribution is 2.41. The second kappa shape index (κ2) is 10.5. The number of hydrogen-bond donors (Lipinski definition) is 3. The number of aryl methyl sites for hydroxylation is 3. The smallest absolute Gasteiger partial charge is 0.275 e. The summed E-state index contributed by atoms with van der Waals surface area (Å²) in [4.78, 5) is 38.6. The maximum Gasteiger partial charge on any atom is 0.275 e. The molecule has 5 rings (SSSR count). The molecule has 0 bridgehead atoms. The van der Waals surface area contributed by atoms with Crippen molar-refractivity contribution in [1.29, 1.82) is 0 Å². The number of para-hydroxylation sites is 1. The third-order valence-electron chi connectivity index (χ3n) is 6.88. The lowest BCUT2D eigenvalue weighted by Gasteiger charge is -2.30. The predicted octanol–water partition coefficient (Wildman–Crippen LogP) is 5.90. The highest BCUT2D eigenvalue weighted by molar-refractivity contribution is 6.09. The van der Waals surface area contributed by atoms with Crippen molar-refractivity contribution in [2.75, 3.05) is 16.0 Å². The fourth-order valence-corrected chi connectivity index (χ4v) is 4.87. The molecule has 0 aliphatic carbocycles. The van der Waals surface area contributed by atoms with Crippen LogP contribution in [0.3, 0.4) is 0 Å². The second-order valence-corrected chi connectivity index (χ2v) is 9.83. The van der Waals surface area contributed by atoms with Crippen LogP contribution < -0.4 is 16.0 Å². The lowest BCUT2D eigenvalue weighted by molar-refractivity contribution is -0.385. The SMILES string of the molecule is CC1=C(C(=O)Nc2ccc(C)cc2C)[C@@H](c2ccccc2[N+](=O)[O-])n2ncc(C(=O)Nc3ccc(C)cc3)c2N1. The summed E-state index contributed by atoms with van der Waals surface area (Å²) in [6.45, 7) is 7.52. The Balaban J connectivity index is 1.59. The molecule has 1 aromatic heterocycles. The van der Waals surface area contributed by atoms with Crippen LogP contribution in [0.5, 0.6) is 0 Å². The van der Waals surface area contributed by atoms with Gasteiger partial charge in [-0.05, 0) is 57.5 Å². The number of allylic oxidation sites excluding steroid dienone is 1. The van der Waals surface area contributed by atoms with Gasteiger partial charge in [-0.15, -0.1) is 0 Å². The Morgan fingerprint density at radius 1 is 0.925 bits per heavy atom. The number of nitro groups is 1. The average Bonchev–Trinajstić information content (AvgIpc) is 3.34. The van der Waals surface area contributed by atoms with Crippen LogP contribution in [0.15, 0.2) is 84.2 Å². The number of nitro benzene ring substituents is 1. The quantitative estimate of drug-likeness (QED) is 0.208. The number of rotatable bonds is 6. The van der Waals surface area contributed by atoms with Crippen molar-refractivity contribution in [3.8, 4) is 0 Å². The number of carbonyl (C=O) groups is 2. The first-order valence-corrected chi connectivity index (χ1v) is 12.7. The van der Waals surface area contributed by atoms with E-state index in [4.69, 9.17) is 0 Å². The van der Waals surface area contributed by atoms with Crippen LogP contribution in [-0.4, -0.2) is 26.5 Å². The highest BCUT2D eigenvalue weighted by atomic mass is 16.6. The van der Waals surface area contributed by atoms with E-state index in [1.165, 1.54) is 16.9 Å². The molecule has 10 nitrogen and oxygen atoms in total. The van der Waals surface area contributed by atoms with Crippen LogP contribution in [0.1, 0.15) is 45.6 Å². The van der Waals surface area contributed by atoms with Gasteiger partial charge in [-0.25, -0.2) is 4.68 Å². The van der Waals surface area contributed by atoms with Crippen LogP contribution in [-0.2, 0) is 4.79 Å². The van der Waals surface area contributed by atoms with Gasteiger partial charge in [-0.2, -0.15) is 5.10 Å². The fourth-order valence-electron chi connectivity index (χ4n) is 4.87. The number of amides is 2. The molecule has 2 heterocycles. The number of nitrogens with one attached hydrogen (secondary N) is 3. The minimum atomic E-state index is -0.968. The van der Waals surface area contributed by atoms with Crippen molar-refractivity contribution >= 4 is 34.7 Å². The molecule has 10 heteroatoms. The topological polar surface area (TPSA) is 131 Å². The third-order valence-corrected chi connectivity index (χ3v) is 6.88. The van der Waals surface area contributed by atoms with Crippen molar-refractivity contribution in [2.45, 2.75) is 33.7 Å². The lowest BCUT2D eigenvalue weighted by atomic mass is 9.93. The van der Waals surface area contributed by atoms with Gasteiger partial charge >= 0.3 is 0 Å². The molecule has 1 aliphatic rings. The largest absolute Gasteiger partial charge is 0.343 e. The van der Waals surface area contributed by atoms with Gasteiger partial charge in [0.05, 0.1) is 22.3 Å². The van der Waals surface area contributed by atoms with Crippen molar-refractivity contribution in [2.24, 2.45) is 0 Å². The molecule has 0 fully saturated rings. The number of hydrogen-bond acceptors (Lipinski definition) is 6. The Hall–Kier alpha value is -5.25. The van der Waals surface area contributed by atoms with Crippen LogP contribution in [0.4, 0.5) is 22.9 Å². The van der Waals surface area contributed by atoms with Gasteiger partial charge in [0.15, 0.2) is 0 Å². The first kappa shape index (κ1) is 26.4. The highest BCUT2D eigenvalue weighted by Gasteiger charge is 2.38. The summed E-state index contributed by atoms with van der Waals surface area (Å²) in [5.74, 6) is -0.518. The molecule has 40 heavy (non-hydrogen) atoms. The summed E-state index contributed by atoms with van der Waals surface area (Å²) < 4.78 is 1.45. The number of nitrogens with zero attached hydrogens (tertiary/aromatic N) is 3. The summed E-state index contributed by atoms with van der Waals surface area (Å²) in [6, 6.07) is 18.3. The summed E-state index contributed by atoms with van der Waals surface area (Å²) >= 11 is 0. The maximum atomic E-state index is 13.8. The Kier molecular flexibility index (Phi) is 6.91. The monoisotopic (exact) mass is 536 g/mol. The Labute approximate surface area is 230 Å². The summed E-state index contributed by atoms with van der Waals surface area (Å²) in [6.07, 6.45) is 1.39. The van der Waals surface area contributed by atoms with Gasteiger partial charge in [0.1, 0.15) is 17.4 Å². The molecule has 3 aromatic carbocycles. The molecule has 2 amide bonds. The van der Waals surface area contributed by atoms with E-state index in [2.05, 4.69) is 21.0 Å². The zero-order chi connectivity index (χ0) is 28.6. The molecule has 1 aliphatic heterocycles. The molecule has 3 N–H and O–H groups in total. The van der Waals surface area contributed by atoms with Gasteiger partial charge in [0.2, 0.25) is 0 Å². The van der Waals surface area contributed by atoms with Crippen LogP contribution in [0.2, 0.25) is 0 Å². The molecule has 0 spiro atoms. The van der Waals surface area contributed by atoms with Crippen LogP contribution in [0.25, 0.3) is 0 Å². The van der Waals surface area contributed by atoms with Gasteiger partial charge in [0.25, 0.3) is 17.5 Å². The van der Waals surface area contributed by atoms with E-state index in [-0.39, 0.29) is 22.4 Å². The average molecular weight is 537 g/mol. The lowest BCUT2D eigenvalue weighted by Crippen LogP contribution is -2.32. The van der Waals surface area contributed by atoms with Crippen molar-refractivity contribution in [3.05, 3.63) is 122 Å². The zero-order valence-electron chi connectivity index (χ0n) is 22.5. The number of aromatic nitrogens is 2. The minimum absolute atomic E-state index is 0.161. The van der Waals surface area contributed by atoms with E-state index in [0.717, 1.165) is 16.7 Å². The van der Waals surface area contributed by atoms with Crippen molar-refractivity contribution < 1.29 is 14.5 Å². The van der Waals surface area contributed by atoms with Crippen LogP contribution >= 0.6 is 0 Å². The Bertz CT molecular complexity index is 1690. The van der Waals surface area contributed by atoms with E-state index < -0.39 is 22.8 Å². The summed E-state index contributed by atoms with van der Waals surface area (Å²) in [5, 5.41) is 25.5. The standard InChI is InChI=1S/C30H28N6O4/c1-17-9-12-21(13-10-17)33-29(37)23-16-31-35-27(22-7-5-6-8-25(22)36(39)40)26(20(4)32-28(23)35)30(38)34-24-14-11-18(2)15-19(24)3/h5-16,27,32H,1-4H3,(H,33,37)(H,34,38)/t27-/m1/s1. The molecular weight excluding hydrogens is 508 g/mol. The van der Waals surface area contributed by atoms with E-state index in [9.17, 15) is 19.7 Å². The van der Waals surface area contributed by atoms with E-state index in [1.54, 1.807) is 37.3 Å². The molecule has 4 aromatic rings. The normalized spacial score (nSPS) is 14.2. The predicted molar refractivity (Wildman–Crippen MR) is 153 cm³/mol. The molecule has 202 valence electrons. The fraction of sp³-hybridized carbons (Fsp3) is 0.167. The number of fused-ring (bicyclic) bond motifs is 1. The molecule has 1 atom stereocenters. The number of carbonyl (C=O) groups excluding carboxylic acids is 2. The van der Waals surface area contributed by atoms with Gasteiger partial charge in [-0.3, -0.25) is 19.7 Å². The van der Waals surface area contributed by atoms with Gasteiger partial charge < -0.3 is 16.0 Å². The molecular formula is C30H28N6O4. The molecule has 0 saturated carbocycles. The van der Waals surface area contributed by atoms with Crippen LogP contribution in [0, 0.1) is 30.9 Å². The summed E-state index contributed by atoms with van der Waals surface area (Å²) in [7, 11) is 0. The van der Waals surface area contributed by atoms with Crippen molar-refractivity contribution in [1.82, 2.24) is 9.78 Å². The first-order chi connectivity index (χ1) is 19.1. The molecule has 0 saturated heterocycles. The van der Waals surface area contributed by atoms with Crippen molar-refractivity contribution in [3.63, 3.8) is 0 Å².